The molecule has 0 spiro atoms. The number of carbonyl (C=O) groups is 1. The Bertz CT molecular complexity index is 1130. The van der Waals surface area contributed by atoms with Crippen molar-refractivity contribution < 1.29 is 4.79 Å². The smallest absolute Gasteiger partial charge is 0.269 e. The molecule has 0 aliphatic carbocycles. The van der Waals surface area contributed by atoms with E-state index in [1.54, 1.807) is 47.3 Å². The maximum Gasteiger partial charge on any atom is 0.269 e. The van der Waals surface area contributed by atoms with Crippen LogP contribution in [0.1, 0.15) is 10.4 Å². The van der Waals surface area contributed by atoms with E-state index in [0.29, 0.717) is 32.5 Å². The van der Waals surface area contributed by atoms with Crippen molar-refractivity contribution in [3.05, 3.63) is 76.7 Å². The van der Waals surface area contributed by atoms with Gasteiger partial charge in [0.1, 0.15) is 6.33 Å². The summed E-state index contributed by atoms with van der Waals surface area (Å²) in [6.45, 7) is 0. The van der Waals surface area contributed by atoms with Gasteiger partial charge in [-0.25, -0.2) is 14.6 Å². The SMILES string of the molecule is O=C(NNc1ncnc2c1cnn2-c1ccc(Cl)cc1)c1cccc(Cl)c1. The van der Waals surface area contributed by atoms with E-state index < -0.39 is 0 Å². The Balaban J connectivity index is 1.60. The number of hydrogen-bond donors (Lipinski definition) is 2. The van der Waals surface area contributed by atoms with E-state index in [-0.39, 0.29) is 5.91 Å². The molecule has 4 aromatic rings. The number of halogens is 2. The van der Waals surface area contributed by atoms with E-state index in [4.69, 9.17) is 23.2 Å². The molecule has 9 heteroatoms. The first-order valence-corrected chi connectivity index (χ1v) is 8.64. The van der Waals surface area contributed by atoms with Crippen LogP contribution in [0.25, 0.3) is 16.7 Å². The van der Waals surface area contributed by atoms with Gasteiger partial charge in [-0.15, -0.1) is 0 Å². The van der Waals surface area contributed by atoms with Gasteiger partial charge in [0.2, 0.25) is 0 Å². The fourth-order valence-electron chi connectivity index (χ4n) is 2.53. The molecule has 2 heterocycles. The van der Waals surface area contributed by atoms with Crippen LogP contribution in [0.3, 0.4) is 0 Å². The van der Waals surface area contributed by atoms with Crippen molar-refractivity contribution in [3.8, 4) is 5.69 Å². The molecule has 2 aromatic carbocycles. The highest BCUT2D eigenvalue weighted by Gasteiger charge is 2.12. The van der Waals surface area contributed by atoms with Crippen molar-refractivity contribution in [3.63, 3.8) is 0 Å². The van der Waals surface area contributed by atoms with Gasteiger partial charge in [0.05, 0.1) is 17.3 Å². The summed E-state index contributed by atoms with van der Waals surface area (Å²) >= 11 is 11.8. The predicted molar refractivity (Wildman–Crippen MR) is 104 cm³/mol. The molecule has 7 nitrogen and oxygen atoms in total. The van der Waals surface area contributed by atoms with Crippen molar-refractivity contribution >= 4 is 46.0 Å². The lowest BCUT2D eigenvalue weighted by molar-refractivity contribution is 0.0962. The number of benzene rings is 2. The Morgan fingerprint density at radius 3 is 2.59 bits per heavy atom. The van der Waals surface area contributed by atoms with Crippen LogP contribution in [0.15, 0.2) is 61.1 Å². The van der Waals surface area contributed by atoms with Crippen LogP contribution in [0.5, 0.6) is 0 Å². The zero-order valence-corrected chi connectivity index (χ0v) is 15.2. The van der Waals surface area contributed by atoms with E-state index in [1.807, 2.05) is 12.1 Å². The zero-order valence-electron chi connectivity index (χ0n) is 13.7. The third-order valence-corrected chi connectivity index (χ3v) is 4.31. The summed E-state index contributed by atoms with van der Waals surface area (Å²) < 4.78 is 1.66. The average Bonchev–Trinajstić information content (AvgIpc) is 3.11. The first-order chi connectivity index (χ1) is 13.1. The second-order valence-electron chi connectivity index (χ2n) is 5.58. The van der Waals surface area contributed by atoms with E-state index in [2.05, 4.69) is 25.9 Å². The molecule has 134 valence electrons. The Labute approximate surface area is 163 Å². The number of hydrazine groups is 1. The van der Waals surface area contributed by atoms with Crippen molar-refractivity contribution in [1.82, 2.24) is 25.2 Å². The number of amides is 1. The van der Waals surface area contributed by atoms with Crippen LogP contribution in [-0.4, -0.2) is 25.7 Å². The monoisotopic (exact) mass is 398 g/mol. The molecule has 0 saturated heterocycles. The highest BCUT2D eigenvalue weighted by Crippen LogP contribution is 2.22. The Hall–Kier alpha value is -3.16. The molecule has 0 bridgehead atoms. The van der Waals surface area contributed by atoms with Crippen LogP contribution < -0.4 is 10.9 Å². The van der Waals surface area contributed by atoms with Crippen LogP contribution in [0, 0.1) is 0 Å². The van der Waals surface area contributed by atoms with Gasteiger partial charge in [0, 0.05) is 15.6 Å². The number of anilines is 1. The van der Waals surface area contributed by atoms with Gasteiger partial charge < -0.3 is 0 Å². The van der Waals surface area contributed by atoms with Crippen molar-refractivity contribution in [1.29, 1.82) is 0 Å². The van der Waals surface area contributed by atoms with Crippen LogP contribution in [0.2, 0.25) is 10.0 Å². The maximum atomic E-state index is 12.3. The number of fused-ring (bicyclic) bond motifs is 1. The van der Waals surface area contributed by atoms with Gasteiger partial charge in [0.25, 0.3) is 5.91 Å². The van der Waals surface area contributed by atoms with E-state index in [0.717, 1.165) is 5.69 Å². The third kappa shape index (κ3) is 3.55. The third-order valence-electron chi connectivity index (χ3n) is 3.82. The molecule has 0 aliphatic rings. The van der Waals surface area contributed by atoms with Gasteiger partial charge in [-0.3, -0.25) is 15.6 Å². The van der Waals surface area contributed by atoms with Crippen molar-refractivity contribution in [2.24, 2.45) is 0 Å². The van der Waals surface area contributed by atoms with Crippen LogP contribution in [-0.2, 0) is 0 Å². The second-order valence-corrected chi connectivity index (χ2v) is 6.45. The molecular formula is C18H12Cl2N6O. The summed E-state index contributed by atoms with van der Waals surface area (Å²) in [5, 5.41) is 6.12. The topological polar surface area (TPSA) is 84.7 Å². The number of hydrogen-bond acceptors (Lipinski definition) is 5. The molecule has 0 unspecified atom stereocenters. The summed E-state index contributed by atoms with van der Waals surface area (Å²) in [5.74, 6) is 0.0879. The number of carbonyl (C=O) groups excluding carboxylic acids is 1. The number of aromatic nitrogens is 4. The molecular weight excluding hydrogens is 387 g/mol. The summed E-state index contributed by atoms with van der Waals surface area (Å²) in [6.07, 6.45) is 3.02. The van der Waals surface area contributed by atoms with Gasteiger partial charge >= 0.3 is 0 Å². The fourth-order valence-corrected chi connectivity index (χ4v) is 2.85. The Morgan fingerprint density at radius 1 is 1.00 bits per heavy atom. The van der Waals surface area contributed by atoms with Gasteiger partial charge in [-0.2, -0.15) is 5.10 Å². The molecule has 1 amide bonds. The Morgan fingerprint density at radius 2 is 1.81 bits per heavy atom. The molecule has 0 atom stereocenters. The van der Waals surface area contributed by atoms with E-state index >= 15 is 0 Å². The molecule has 2 aromatic heterocycles. The normalized spacial score (nSPS) is 10.7. The first-order valence-electron chi connectivity index (χ1n) is 7.88. The second kappa shape index (κ2) is 7.22. The minimum atomic E-state index is -0.339. The summed E-state index contributed by atoms with van der Waals surface area (Å²) in [4.78, 5) is 20.7. The summed E-state index contributed by atoms with van der Waals surface area (Å²) in [5.41, 5.74) is 7.23. The molecule has 0 aliphatic heterocycles. The minimum absolute atomic E-state index is 0.339. The highest BCUT2D eigenvalue weighted by molar-refractivity contribution is 6.31. The minimum Gasteiger partial charge on any atom is -0.281 e. The fraction of sp³-hybridized carbons (Fsp3) is 0. The maximum absolute atomic E-state index is 12.3. The van der Waals surface area contributed by atoms with Crippen molar-refractivity contribution in [2.75, 3.05) is 5.43 Å². The molecule has 0 fully saturated rings. The van der Waals surface area contributed by atoms with Crippen molar-refractivity contribution in [2.45, 2.75) is 0 Å². The van der Waals surface area contributed by atoms with E-state index in [9.17, 15) is 4.79 Å². The van der Waals surface area contributed by atoms with Gasteiger partial charge in [-0.05, 0) is 42.5 Å². The average molecular weight is 399 g/mol. The molecule has 0 radical (unpaired) electrons. The summed E-state index contributed by atoms with van der Waals surface area (Å²) in [6, 6.07) is 13.9. The molecule has 2 N–H and O–H groups in total. The molecule has 4 rings (SSSR count). The lowest BCUT2D eigenvalue weighted by Gasteiger charge is -2.09. The number of rotatable bonds is 4. The summed E-state index contributed by atoms with van der Waals surface area (Å²) in [7, 11) is 0. The predicted octanol–water partition coefficient (Wildman–Crippen LogP) is 3.88. The number of nitrogens with one attached hydrogen (secondary N) is 2. The van der Waals surface area contributed by atoms with Gasteiger partial charge in [0.15, 0.2) is 11.5 Å². The van der Waals surface area contributed by atoms with Gasteiger partial charge in [-0.1, -0.05) is 29.3 Å². The van der Waals surface area contributed by atoms with Crippen LogP contribution >= 0.6 is 23.2 Å². The number of nitrogens with zero attached hydrogens (tertiary/aromatic N) is 4. The Kier molecular flexibility index (Phi) is 4.62. The molecule has 27 heavy (non-hydrogen) atoms. The lowest BCUT2D eigenvalue weighted by Crippen LogP contribution is -2.29. The quantitative estimate of drug-likeness (QED) is 0.509. The largest absolute Gasteiger partial charge is 0.281 e. The van der Waals surface area contributed by atoms with E-state index in [1.165, 1.54) is 6.33 Å². The first kappa shape index (κ1) is 17.3. The zero-order chi connectivity index (χ0) is 18.8. The standard InChI is InChI=1S/C18H12Cl2N6O/c19-12-4-6-14(7-5-12)26-17-15(9-23-26)16(21-10-22-17)24-25-18(27)11-2-1-3-13(20)8-11/h1-10H,(H,25,27)(H,21,22,24). The highest BCUT2D eigenvalue weighted by atomic mass is 35.5. The molecule has 0 saturated carbocycles. The van der Waals surface area contributed by atoms with Crippen LogP contribution in [0.4, 0.5) is 5.82 Å². The lowest BCUT2D eigenvalue weighted by atomic mass is 10.2.